The van der Waals surface area contributed by atoms with E-state index < -0.39 is 0 Å². The zero-order valence-electron chi connectivity index (χ0n) is 11.8. The number of nitrogens with two attached hydrogens (primary N) is 1. The first-order valence-electron chi connectivity index (χ1n) is 6.75. The molecule has 1 aliphatic rings. The number of hydrogen-bond acceptors (Lipinski definition) is 4. The van der Waals surface area contributed by atoms with E-state index in [1.165, 1.54) is 0 Å². The molecule has 0 aromatic carbocycles. The molecule has 1 fully saturated rings. The van der Waals surface area contributed by atoms with Crippen LogP contribution in [0.2, 0.25) is 0 Å². The van der Waals surface area contributed by atoms with Crippen molar-refractivity contribution in [2.45, 2.75) is 51.7 Å². The van der Waals surface area contributed by atoms with Crippen molar-refractivity contribution in [3.8, 4) is 0 Å². The Hall–Kier alpha value is -0.160. The molecule has 0 aromatic heterocycles. The third-order valence-electron chi connectivity index (χ3n) is 3.88. The Kier molecular flexibility index (Phi) is 5.38. The molecule has 0 radical (unpaired) electrons. The standard InChI is InChI=1S/C13H29N3O/c1-5-11(14)12(10-17)15-6-8-16(9-7-15)13(2,3)4/h11-12,17H,5-10,14H2,1-4H3. The third kappa shape index (κ3) is 3.91. The van der Waals surface area contributed by atoms with Crippen LogP contribution in [0.1, 0.15) is 34.1 Å². The summed E-state index contributed by atoms with van der Waals surface area (Å²) in [5, 5.41) is 9.47. The summed E-state index contributed by atoms with van der Waals surface area (Å²) in [6.07, 6.45) is 0.921. The molecule has 1 saturated heterocycles. The highest BCUT2D eigenvalue weighted by atomic mass is 16.3. The van der Waals surface area contributed by atoms with E-state index in [0.717, 1.165) is 32.6 Å². The lowest BCUT2D eigenvalue weighted by Gasteiger charge is -2.45. The van der Waals surface area contributed by atoms with Crippen LogP contribution in [-0.4, -0.2) is 65.3 Å². The van der Waals surface area contributed by atoms with Gasteiger partial charge < -0.3 is 10.8 Å². The fourth-order valence-electron chi connectivity index (χ4n) is 2.52. The summed E-state index contributed by atoms with van der Waals surface area (Å²) in [5.41, 5.74) is 6.31. The Labute approximate surface area is 106 Å². The highest BCUT2D eigenvalue weighted by molar-refractivity contribution is 4.87. The maximum Gasteiger partial charge on any atom is 0.0601 e. The van der Waals surface area contributed by atoms with E-state index in [1.807, 2.05) is 0 Å². The lowest BCUT2D eigenvalue weighted by Crippen LogP contribution is -2.59. The van der Waals surface area contributed by atoms with Crippen molar-refractivity contribution in [1.82, 2.24) is 9.80 Å². The first-order valence-corrected chi connectivity index (χ1v) is 6.75. The van der Waals surface area contributed by atoms with Gasteiger partial charge in [-0.2, -0.15) is 0 Å². The molecule has 1 aliphatic heterocycles. The van der Waals surface area contributed by atoms with Gasteiger partial charge in [-0.15, -0.1) is 0 Å². The molecule has 0 amide bonds. The molecule has 0 saturated carbocycles. The smallest absolute Gasteiger partial charge is 0.0601 e. The summed E-state index contributed by atoms with van der Waals surface area (Å²) in [4.78, 5) is 4.84. The van der Waals surface area contributed by atoms with Gasteiger partial charge in [-0.1, -0.05) is 6.92 Å². The Morgan fingerprint density at radius 2 is 1.71 bits per heavy atom. The van der Waals surface area contributed by atoms with Crippen LogP contribution in [0.25, 0.3) is 0 Å². The van der Waals surface area contributed by atoms with Gasteiger partial charge in [0, 0.05) is 43.8 Å². The van der Waals surface area contributed by atoms with E-state index in [2.05, 4.69) is 37.5 Å². The highest BCUT2D eigenvalue weighted by Crippen LogP contribution is 2.17. The minimum absolute atomic E-state index is 0.0844. The van der Waals surface area contributed by atoms with Crippen molar-refractivity contribution in [3.63, 3.8) is 0 Å². The molecule has 0 spiro atoms. The number of aliphatic hydroxyl groups is 1. The van der Waals surface area contributed by atoms with Crippen LogP contribution in [0, 0.1) is 0 Å². The van der Waals surface area contributed by atoms with Crippen molar-refractivity contribution in [2.24, 2.45) is 5.73 Å². The molecule has 2 unspecified atom stereocenters. The van der Waals surface area contributed by atoms with E-state index in [9.17, 15) is 5.11 Å². The Balaban J connectivity index is 2.50. The Bertz CT molecular complexity index is 219. The molecule has 4 nitrogen and oxygen atoms in total. The maximum absolute atomic E-state index is 9.47. The van der Waals surface area contributed by atoms with E-state index in [0.29, 0.717) is 0 Å². The lowest BCUT2D eigenvalue weighted by molar-refractivity contribution is 0.0191. The predicted molar refractivity (Wildman–Crippen MR) is 72.0 cm³/mol. The van der Waals surface area contributed by atoms with E-state index >= 15 is 0 Å². The van der Waals surface area contributed by atoms with Crippen LogP contribution in [-0.2, 0) is 0 Å². The van der Waals surface area contributed by atoms with Crippen molar-refractivity contribution in [1.29, 1.82) is 0 Å². The highest BCUT2D eigenvalue weighted by Gasteiger charge is 2.30. The Morgan fingerprint density at radius 3 is 2.06 bits per heavy atom. The van der Waals surface area contributed by atoms with Gasteiger partial charge in [0.1, 0.15) is 0 Å². The van der Waals surface area contributed by atoms with Crippen molar-refractivity contribution in [2.75, 3.05) is 32.8 Å². The van der Waals surface area contributed by atoms with Gasteiger partial charge in [0.2, 0.25) is 0 Å². The molecule has 0 aromatic rings. The third-order valence-corrected chi connectivity index (χ3v) is 3.88. The van der Waals surface area contributed by atoms with Crippen LogP contribution >= 0.6 is 0 Å². The number of piperazine rings is 1. The Morgan fingerprint density at radius 1 is 1.18 bits per heavy atom. The molecular weight excluding hydrogens is 214 g/mol. The second-order valence-electron chi connectivity index (χ2n) is 6.02. The van der Waals surface area contributed by atoms with Crippen molar-refractivity contribution < 1.29 is 5.11 Å². The van der Waals surface area contributed by atoms with Gasteiger partial charge in [-0.3, -0.25) is 9.80 Å². The lowest BCUT2D eigenvalue weighted by atomic mass is 10.0. The zero-order valence-corrected chi connectivity index (χ0v) is 11.8. The summed E-state index contributed by atoms with van der Waals surface area (Å²) in [6, 6.07) is 0.211. The first-order chi connectivity index (χ1) is 7.90. The summed E-state index contributed by atoms with van der Waals surface area (Å²) >= 11 is 0. The predicted octanol–water partition coefficient (Wildman–Crippen LogP) is 0.501. The van der Waals surface area contributed by atoms with Gasteiger partial charge in [-0.05, 0) is 27.2 Å². The van der Waals surface area contributed by atoms with Crippen LogP contribution in [0.5, 0.6) is 0 Å². The molecule has 4 heteroatoms. The molecule has 1 heterocycles. The summed E-state index contributed by atoms with van der Waals surface area (Å²) < 4.78 is 0. The van der Waals surface area contributed by atoms with Crippen LogP contribution in [0.3, 0.4) is 0 Å². The van der Waals surface area contributed by atoms with Crippen molar-refractivity contribution in [3.05, 3.63) is 0 Å². The largest absolute Gasteiger partial charge is 0.395 e. The van der Waals surface area contributed by atoms with Crippen LogP contribution < -0.4 is 5.73 Å². The van der Waals surface area contributed by atoms with Gasteiger partial charge in [0.05, 0.1) is 6.61 Å². The second kappa shape index (κ2) is 6.14. The summed E-state index contributed by atoms with van der Waals surface area (Å²) in [5.74, 6) is 0. The topological polar surface area (TPSA) is 52.7 Å². The molecule has 2 atom stereocenters. The van der Waals surface area contributed by atoms with E-state index in [1.54, 1.807) is 0 Å². The normalized spacial score (nSPS) is 23.6. The van der Waals surface area contributed by atoms with Gasteiger partial charge >= 0.3 is 0 Å². The minimum atomic E-state index is 0.0844. The summed E-state index contributed by atoms with van der Waals surface area (Å²) in [6.45, 7) is 13.2. The average Bonchev–Trinajstić information content (AvgIpc) is 2.29. The second-order valence-corrected chi connectivity index (χ2v) is 6.02. The number of hydrogen-bond donors (Lipinski definition) is 2. The quantitative estimate of drug-likeness (QED) is 0.755. The monoisotopic (exact) mass is 243 g/mol. The molecular formula is C13H29N3O. The molecule has 0 bridgehead atoms. The number of nitrogens with zero attached hydrogens (tertiary/aromatic N) is 2. The van der Waals surface area contributed by atoms with Crippen LogP contribution in [0.4, 0.5) is 0 Å². The first kappa shape index (κ1) is 14.9. The maximum atomic E-state index is 9.47. The van der Waals surface area contributed by atoms with E-state index in [-0.39, 0.29) is 24.2 Å². The fourth-order valence-corrected chi connectivity index (χ4v) is 2.52. The average molecular weight is 243 g/mol. The van der Waals surface area contributed by atoms with Gasteiger partial charge in [-0.25, -0.2) is 0 Å². The van der Waals surface area contributed by atoms with Gasteiger partial charge in [0.15, 0.2) is 0 Å². The van der Waals surface area contributed by atoms with Gasteiger partial charge in [0.25, 0.3) is 0 Å². The molecule has 17 heavy (non-hydrogen) atoms. The molecule has 102 valence electrons. The molecule has 0 aliphatic carbocycles. The number of rotatable bonds is 4. The minimum Gasteiger partial charge on any atom is -0.395 e. The number of aliphatic hydroxyl groups excluding tert-OH is 1. The molecule has 3 N–H and O–H groups in total. The fraction of sp³-hybridized carbons (Fsp3) is 1.00. The zero-order chi connectivity index (χ0) is 13.1. The van der Waals surface area contributed by atoms with E-state index in [4.69, 9.17) is 5.73 Å². The van der Waals surface area contributed by atoms with Crippen molar-refractivity contribution >= 4 is 0 Å². The SMILES string of the molecule is CCC(N)C(CO)N1CCN(C(C)(C)C)CC1. The summed E-state index contributed by atoms with van der Waals surface area (Å²) in [7, 11) is 0. The molecule has 1 rings (SSSR count). The van der Waals surface area contributed by atoms with Crippen LogP contribution in [0.15, 0.2) is 0 Å².